The fourth-order valence-electron chi connectivity index (χ4n) is 1.74. The Morgan fingerprint density at radius 3 is 2.77 bits per heavy atom. The Balaban J connectivity index is 1.84. The lowest BCUT2D eigenvalue weighted by Gasteiger charge is -2.14. The summed E-state index contributed by atoms with van der Waals surface area (Å²) in [6.45, 7) is 3.76. The van der Waals surface area contributed by atoms with Gasteiger partial charge in [-0.2, -0.15) is 0 Å². The SMILES string of the molecule is Cc1cnc(C)c(NCC(O)COc2ccc(F)c(F)c2)n1. The van der Waals surface area contributed by atoms with Crippen molar-refractivity contribution in [2.24, 2.45) is 0 Å². The number of nitrogens with zero attached hydrogens (tertiary/aromatic N) is 2. The number of ether oxygens (including phenoxy) is 1. The Morgan fingerprint density at radius 2 is 2.05 bits per heavy atom. The van der Waals surface area contributed by atoms with Gasteiger partial charge in [-0.05, 0) is 26.0 Å². The van der Waals surface area contributed by atoms with Gasteiger partial charge in [0.05, 0.1) is 11.4 Å². The Hall–Kier alpha value is -2.28. The Morgan fingerprint density at radius 1 is 1.27 bits per heavy atom. The van der Waals surface area contributed by atoms with E-state index in [0.29, 0.717) is 5.82 Å². The van der Waals surface area contributed by atoms with Gasteiger partial charge in [-0.25, -0.2) is 13.8 Å². The van der Waals surface area contributed by atoms with Crippen molar-refractivity contribution < 1.29 is 18.6 Å². The van der Waals surface area contributed by atoms with E-state index in [4.69, 9.17) is 4.74 Å². The zero-order valence-corrected chi connectivity index (χ0v) is 12.3. The molecule has 0 aliphatic carbocycles. The minimum absolute atomic E-state index is 0.0592. The van der Waals surface area contributed by atoms with Crippen molar-refractivity contribution in [3.63, 3.8) is 0 Å². The number of aliphatic hydroxyl groups excluding tert-OH is 1. The van der Waals surface area contributed by atoms with Gasteiger partial charge in [0.1, 0.15) is 24.3 Å². The summed E-state index contributed by atoms with van der Waals surface area (Å²) in [4.78, 5) is 8.42. The van der Waals surface area contributed by atoms with E-state index in [2.05, 4.69) is 15.3 Å². The summed E-state index contributed by atoms with van der Waals surface area (Å²) in [5.41, 5.74) is 1.49. The fraction of sp³-hybridized carbons (Fsp3) is 0.333. The van der Waals surface area contributed by atoms with Crippen molar-refractivity contribution in [3.8, 4) is 5.75 Å². The molecule has 0 fully saturated rings. The Kier molecular flexibility index (Phi) is 5.21. The smallest absolute Gasteiger partial charge is 0.162 e. The van der Waals surface area contributed by atoms with Gasteiger partial charge in [-0.3, -0.25) is 4.98 Å². The van der Waals surface area contributed by atoms with Gasteiger partial charge in [-0.15, -0.1) is 0 Å². The molecule has 1 aromatic heterocycles. The van der Waals surface area contributed by atoms with Gasteiger partial charge < -0.3 is 15.2 Å². The molecule has 2 aromatic rings. The number of halogens is 2. The number of rotatable bonds is 6. The first kappa shape index (κ1) is 16.1. The van der Waals surface area contributed by atoms with Gasteiger partial charge in [0.25, 0.3) is 0 Å². The van der Waals surface area contributed by atoms with Crippen LogP contribution in [0, 0.1) is 25.5 Å². The Labute approximate surface area is 127 Å². The van der Waals surface area contributed by atoms with Gasteiger partial charge >= 0.3 is 0 Å². The molecule has 5 nitrogen and oxygen atoms in total. The molecular weight excluding hydrogens is 292 g/mol. The predicted molar refractivity (Wildman–Crippen MR) is 77.9 cm³/mol. The molecule has 0 amide bonds. The first-order valence-corrected chi connectivity index (χ1v) is 6.75. The van der Waals surface area contributed by atoms with Crippen LogP contribution >= 0.6 is 0 Å². The van der Waals surface area contributed by atoms with Crippen molar-refractivity contribution in [2.45, 2.75) is 20.0 Å². The quantitative estimate of drug-likeness (QED) is 0.856. The summed E-state index contributed by atoms with van der Waals surface area (Å²) in [6.07, 6.45) is 0.818. The number of anilines is 1. The second-order valence-electron chi connectivity index (χ2n) is 4.87. The topological polar surface area (TPSA) is 67.3 Å². The minimum atomic E-state index is -0.990. The number of benzene rings is 1. The summed E-state index contributed by atoms with van der Waals surface area (Å²) < 4.78 is 31.0. The van der Waals surface area contributed by atoms with Crippen LogP contribution in [0.4, 0.5) is 14.6 Å². The van der Waals surface area contributed by atoms with Gasteiger partial charge in [0.15, 0.2) is 11.6 Å². The molecule has 0 aliphatic heterocycles. The molecule has 0 saturated heterocycles. The molecule has 0 saturated carbocycles. The maximum atomic E-state index is 13.0. The molecule has 1 unspecified atom stereocenters. The molecule has 22 heavy (non-hydrogen) atoms. The van der Waals surface area contributed by atoms with Crippen molar-refractivity contribution in [3.05, 3.63) is 47.4 Å². The monoisotopic (exact) mass is 309 g/mol. The second-order valence-corrected chi connectivity index (χ2v) is 4.87. The first-order valence-electron chi connectivity index (χ1n) is 6.75. The summed E-state index contributed by atoms with van der Waals surface area (Å²) in [5, 5.41) is 12.8. The molecule has 0 spiro atoms. The highest BCUT2D eigenvalue weighted by atomic mass is 19.2. The highest BCUT2D eigenvalue weighted by Crippen LogP contribution is 2.15. The average molecular weight is 309 g/mol. The number of aryl methyl sites for hydroxylation is 2. The number of nitrogens with one attached hydrogen (secondary N) is 1. The maximum Gasteiger partial charge on any atom is 0.162 e. The van der Waals surface area contributed by atoms with Crippen LogP contribution in [0.25, 0.3) is 0 Å². The van der Waals surface area contributed by atoms with Gasteiger partial charge in [-0.1, -0.05) is 0 Å². The van der Waals surface area contributed by atoms with E-state index < -0.39 is 17.7 Å². The maximum absolute atomic E-state index is 13.0. The number of hydrogen-bond donors (Lipinski definition) is 2. The number of hydrogen-bond acceptors (Lipinski definition) is 5. The minimum Gasteiger partial charge on any atom is -0.491 e. The summed E-state index contributed by atoms with van der Waals surface area (Å²) in [5.74, 6) is -1.19. The van der Waals surface area contributed by atoms with Crippen LogP contribution in [0.5, 0.6) is 5.75 Å². The van der Waals surface area contributed by atoms with E-state index in [9.17, 15) is 13.9 Å². The number of aromatic nitrogens is 2. The molecule has 0 radical (unpaired) electrons. The zero-order chi connectivity index (χ0) is 16.1. The van der Waals surface area contributed by atoms with E-state index in [1.54, 1.807) is 13.1 Å². The molecule has 0 aliphatic rings. The van der Waals surface area contributed by atoms with E-state index >= 15 is 0 Å². The molecule has 1 heterocycles. The van der Waals surface area contributed by atoms with Gasteiger partial charge in [0, 0.05) is 18.8 Å². The zero-order valence-electron chi connectivity index (χ0n) is 12.3. The van der Waals surface area contributed by atoms with Crippen LogP contribution in [0.1, 0.15) is 11.4 Å². The number of aliphatic hydroxyl groups is 1. The van der Waals surface area contributed by atoms with Crippen LogP contribution in [0.3, 0.4) is 0 Å². The van der Waals surface area contributed by atoms with E-state index in [1.165, 1.54) is 6.07 Å². The molecule has 0 bridgehead atoms. The normalized spacial score (nSPS) is 12.0. The van der Waals surface area contributed by atoms with Crippen molar-refractivity contribution in [1.82, 2.24) is 9.97 Å². The lowest BCUT2D eigenvalue weighted by atomic mass is 10.3. The predicted octanol–water partition coefficient (Wildman–Crippen LogP) is 2.22. The molecule has 7 heteroatoms. The van der Waals surface area contributed by atoms with Crippen molar-refractivity contribution in [1.29, 1.82) is 0 Å². The van der Waals surface area contributed by atoms with Crippen LogP contribution < -0.4 is 10.1 Å². The van der Waals surface area contributed by atoms with E-state index in [-0.39, 0.29) is 18.9 Å². The third kappa shape index (κ3) is 4.36. The van der Waals surface area contributed by atoms with Crippen LogP contribution in [-0.2, 0) is 0 Å². The molecule has 2 rings (SSSR count). The average Bonchev–Trinajstić information content (AvgIpc) is 2.49. The molecule has 1 aromatic carbocycles. The first-order chi connectivity index (χ1) is 10.5. The van der Waals surface area contributed by atoms with E-state index in [0.717, 1.165) is 23.5 Å². The molecular formula is C15H17F2N3O2. The summed E-state index contributed by atoms with van der Waals surface area (Å²) in [7, 11) is 0. The van der Waals surface area contributed by atoms with Crippen LogP contribution in [0.15, 0.2) is 24.4 Å². The standard InChI is InChI=1S/C15H17F2N3O2/c1-9-6-18-10(2)15(20-9)19-7-11(21)8-22-12-3-4-13(16)14(17)5-12/h3-6,11,21H,7-8H2,1-2H3,(H,19,20). The van der Waals surface area contributed by atoms with Gasteiger partial charge in [0.2, 0.25) is 0 Å². The highest BCUT2D eigenvalue weighted by molar-refractivity contribution is 5.39. The third-order valence-corrected chi connectivity index (χ3v) is 2.91. The molecule has 2 N–H and O–H groups in total. The van der Waals surface area contributed by atoms with Crippen LogP contribution in [-0.4, -0.2) is 34.3 Å². The Bertz CT molecular complexity index is 653. The molecule has 1 atom stereocenters. The van der Waals surface area contributed by atoms with Crippen LogP contribution in [0.2, 0.25) is 0 Å². The molecule has 118 valence electrons. The summed E-state index contributed by atoms with van der Waals surface area (Å²) >= 11 is 0. The fourth-order valence-corrected chi connectivity index (χ4v) is 1.74. The third-order valence-electron chi connectivity index (χ3n) is 2.91. The highest BCUT2D eigenvalue weighted by Gasteiger charge is 2.09. The van der Waals surface area contributed by atoms with Crippen molar-refractivity contribution >= 4 is 5.82 Å². The second kappa shape index (κ2) is 7.13. The van der Waals surface area contributed by atoms with Crippen molar-refractivity contribution in [2.75, 3.05) is 18.5 Å². The summed E-state index contributed by atoms with van der Waals surface area (Å²) in [6, 6.07) is 3.21. The van der Waals surface area contributed by atoms with E-state index in [1.807, 2.05) is 6.92 Å². The largest absolute Gasteiger partial charge is 0.491 e. The lowest BCUT2D eigenvalue weighted by molar-refractivity contribution is 0.117. The lowest BCUT2D eigenvalue weighted by Crippen LogP contribution is -2.27.